The zero-order chi connectivity index (χ0) is 13.8. The van der Waals surface area contributed by atoms with E-state index in [1.807, 2.05) is 0 Å². The van der Waals surface area contributed by atoms with Gasteiger partial charge in [-0.2, -0.15) is 0 Å². The molecule has 1 aromatic carbocycles. The first-order valence-corrected chi connectivity index (χ1v) is 6.39. The molecule has 0 aromatic heterocycles. The standard InChI is InChI=1S/C14H17NO4/c16-9-10-5-3-4-8-15(10)13(17)11-6-1-2-7-12(11)14(18)19/h1-2,6-7,10,16H,3-5,8-9H2,(H,18,19)/t10-/m0/s1. The maximum absolute atomic E-state index is 12.4. The zero-order valence-corrected chi connectivity index (χ0v) is 10.6. The maximum Gasteiger partial charge on any atom is 0.336 e. The molecule has 0 spiro atoms. The van der Waals surface area contributed by atoms with Crippen molar-refractivity contribution >= 4 is 11.9 Å². The van der Waals surface area contributed by atoms with Gasteiger partial charge in [-0.1, -0.05) is 12.1 Å². The largest absolute Gasteiger partial charge is 0.478 e. The van der Waals surface area contributed by atoms with Crippen LogP contribution < -0.4 is 0 Å². The number of likely N-dealkylation sites (tertiary alicyclic amines) is 1. The number of benzene rings is 1. The van der Waals surface area contributed by atoms with Gasteiger partial charge in [-0.15, -0.1) is 0 Å². The number of carboxylic acids is 1. The first kappa shape index (κ1) is 13.5. The van der Waals surface area contributed by atoms with Crippen LogP contribution in [0.2, 0.25) is 0 Å². The normalized spacial score (nSPS) is 19.2. The van der Waals surface area contributed by atoms with Crippen molar-refractivity contribution in [3.8, 4) is 0 Å². The first-order valence-electron chi connectivity index (χ1n) is 6.39. The van der Waals surface area contributed by atoms with E-state index in [0.717, 1.165) is 19.3 Å². The van der Waals surface area contributed by atoms with Gasteiger partial charge in [0, 0.05) is 6.54 Å². The van der Waals surface area contributed by atoms with Crippen molar-refractivity contribution in [3.63, 3.8) is 0 Å². The Labute approximate surface area is 111 Å². The molecule has 5 heteroatoms. The molecule has 1 atom stereocenters. The van der Waals surface area contributed by atoms with Crippen LogP contribution in [0.1, 0.15) is 40.0 Å². The lowest BCUT2D eigenvalue weighted by molar-refractivity contribution is 0.0495. The summed E-state index contributed by atoms with van der Waals surface area (Å²) < 4.78 is 0. The molecule has 0 bridgehead atoms. The number of amides is 1. The fourth-order valence-electron chi connectivity index (χ4n) is 2.47. The highest BCUT2D eigenvalue weighted by Crippen LogP contribution is 2.21. The van der Waals surface area contributed by atoms with E-state index in [2.05, 4.69) is 0 Å². The molecule has 0 radical (unpaired) electrons. The number of hydrogen-bond donors (Lipinski definition) is 2. The lowest BCUT2D eigenvalue weighted by Gasteiger charge is -2.34. The van der Waals surface area contributed by atoms with Crippen molar-refractivity contribution in [3.05, 3.63) is 35.4 Å². The molecule has 1 amide bonds. The average Bonchev–Trinajstić information content (AvgIpc) is 2.46. The number of carboxylic acid groups (broad SMARTS) is 1. The summed E-state index contributed by atoms with van der Waals surface area (Å²) in [5.41, 5.74) is 0.199. The predicted octanol–water partition coefficient (Wildman–Crippen LogP) is 1.37. The van der Waals surface area contributed by atoms with E-state index in [0.29, 0.717) is 6.54 Å². The van der Waals surface area contributed by atoms with Crippen LogP contribution in [0.25, 0.3) is 0 Å². The summed E-state index contributed by atoms with van der Waals surface area (Å²) in [5.74, 6) is -1.42. The number of nitrogens with zero attached hydrogens (tertiary/aromatic N) is 1. The van der Waals surface area contributed by atoms with Crippen LogP contribution in [-0.4, -0.2) is 46.2 Å². The highest BCUT2D eigenvalue weighted by Gasteiger charge is 2.28. The van der Waals surface area contributed by atoms with Gasteiger partial charge in [0.1, 0.15) is 0 Å². The van der Waals surface area contributed by atoms with E-state index >= 15 is 0 Å². The van der Waals surface area contributed by atoms with Gasteiger partial charge in [0.2, 0.25) is 0 Å². The minimum Gasteiger partial charge on any atom is -0.478 e. The summed E-state index contributed by atoms with van der Waals surface area (Å²) in [7, 11) is 0. The molecular formula is C14H17NO4. The minimum absolute atomic E-state index is 0.00904. The highest BCUT2D eigenvalue weighted by molar-refractivity contribution is 6.04. The molecule has 5 nitrogen and oxygen atoms in total. The van der Waals surface area contributed by atoms with Crippen LogP contribution in [0.3, 0.4) is 0 Å². The molecule has 19 heavy (non-hydrogen) atoms. The summed E-state index contributed by atoms with van der Waals surface area (Å²) >= 11 is 0. The molecule has 0 saturated carbocycles. The summed E-state index contributed by atoms with van der Waals surface area (Å²) in [4.78, 5) is 25.2. The Bertz CT molecular complexity index is 486. The summed E-state index contributed by atoms with van der Waals surface area (Å²) in [5, 5.41) is 18.4. The number of aliphatic hydroxyl groups is 1. The number of aliphatic hydroxyl groups excluding tert-OH is 1. The third kappa shape index (κ3) is 2.76. The highest BCUT2D eigenvalue weighted by atomic mass is 16.4. The molecule has 1 heterocycles. The number of piperidine rings is 1. The van der Waals surface area contributed by atoms with E-state index < -0.39 is 5.97 Å². The Morgan fingerprint density at radius 2 is 1.89 bits per heavy atom. The number of aromatic carboxylic acids is 1. The Balaban J connectivity index is 2.30. The second-order valence-electron chi connectivity index (χ2n) is 4.68. The number of rotatable bonds is 3. The monoisotopic (exact) mass is 263 g/mol. The van der Waals surface area contributed by atoms with Crippen molar-refractivity contribution in [1.82, 2.24) is 4.90 Å². The van der Waals surface area contributed by atoms with Crippen molar-refractivity contribution in [2.45, 2.75) is 25.3 Å². The van der Waals surface area contributed by atoms with Crippen molar-refractivity contribution in [1.29, 1.82) is 0 Å². The lowest BCUT2D eigenvalue weighted by atomic mass is 9.99. The number of carbonyl (C=O) groups excluding carboxylic acids is 1. The second-order valence-corrected chi connectivity index (χ2v) is 4.68. The zero-order valence-electron chi connectivity index (χ0n) is 10.6. The molecule has 1 saturated heterocycles. The molecule has 0 unspecified atom stereocenters. The smallest absolute Gasteiger partial charge is 0.336 e. The molecular weight excluding hydrogens is 246 g/mol. The molecule has 1 aromatic rings. The summed E-state index contributed by atoms with van der Waals surface area (Å²) in [6, 6.07) is 5.99. The van der Waals surface area contributed by atoms with Gasteiger partial charge in [-0.05, 0) is 31.4 Å². The fraction of sp³-hybridized carbons (Fsp3) is 0.429. The molecule has 102 valence electrons. The molecule has 2 N–H and O–H groups in total. The third-order valence-corrected chi connectivity index (χ3v) is 3.49. The first-order chi connectivity index (χ1) is 9.15. The number of hydrogen-bond acceptors (Lipinski definition) is 3. The van der Waals surface area contributed by atoms with E-state index in [-0.39, 0.29) is 29.7 Å². The molecule has 1 fully saturated rings. The van der Waals surface area contributed by atoms with Crippen LogP contribution in [0.15, 0.2) is 24.3 Å². The molecule has 1 aliphatic rings. The predicted molar refractivity (Wildman–Crippen MR) is 69.2 cm³/mol. The fourth-order valence-corrected chi connectivity index (χ4v) is 2.47. The van der Waals surface area contributed by atoms with Crippen LogP contribution >= 0.6 is 0 Å². The van der Waals surface area contributed by atoms with Crippen molar-refractivity contribution in [2.24, 2.45) is 0 Å². The van der Waals surface area contributed by atoms with Crippen LogP contribution in [-0.2, 0) is 0 Å². The van der Waals surface area contributed by atoms with Gasteiger partial charge < -0.3 is 15.1 Å². The van der Waals surface area contributed by atoms with E-state index in [9.17, 15) is 14.7 Å². The van der Waals surface area contributed by atoms with Gasteiger partial charge in [-0.25, -0.2) is 4.79 Å². The Morgan fingerprint density at radius 3 is 2.53 bits per heavy atom. The Morgan fingerprint density at radius 1 is 1.21 bits per heavy atom. The summed E-state index contributed by atoms with van der Waals surface area (Å²) in [6.45, 7) is 0.485. The van der Waals surface area contributed by atoms with Crippen LogP contribution in [0.5, 0.6) is 0 Å². The van der Waals surface area contributed by atoms with Crippen LogP contribution in [0.4, 0.5) is 0 Å². The van der Waals surface area contributed by atoms with E-state index in [1.165, 1.54) is 12.1 Å². The van der Waals surface area contributed by atoms with Gasteiger partial charge >= 0.3 is 5.97 Å². The summed E-state index contributed by atoms with van der Waals surface area (Å²) in [6.07, 6.45) is 2.63. The second kappa shape index (κ2) is 5.84. The topological polar surface area (TPSA) is 77.8 Å². The average molecular weight is 263 g/mol. The van der Waals surface area contributed by atoms with Gasteiger partial charge in [0.15, 0.2) is 0 Å². The van der Waals surface area contributed by atoms with Gasteiger partial charge in [0.25, 0.3) is 5.91 Å². The Hall–Kier alpha value is -1.88. The lowest BCUT2D eigenvalue weighted by Crippen LogP contribution is -2.46. The minimum atomic E-state index is -1.11. The Kier molecular flexibility index (Phi) is 4.16. The molecule has 1 aliphatic heterocycles. The van der Waals surface area contributed by atoms with Gasteiger partial charge in [0.05, 0.1) is 23.8 Å². The van der Waals surface area contributed by atoms with Crippen molar-refractivity contribution in [2.75, 3.05) is 13.2 Å². The SMILES string of the molecule is O=C(O)c1ccccc1C(=O)N1CCCC[C@H]1CO. The van der Waals surface area contributed by atoms with E-state index in [1.54, 1.807) is 17.0 Å². The van der Waals surface area contributed by atoms with Gasteiger partial charge in [-0.3, -0.25) is 4.79 Å². The molecule has 2 rings (SSSR count). The van der Waals surface area contributed by atoms with Crippen LogP contribution in [0, 0.1) is 0 Å². The van der Waals surface area contributed by atoms with Crippen molar-refractivity contribution < 1.29 is 19.8 Å². The quantitative estimate of drug-likeness (QED) is 0.863. The third-order valence-electron chi connectivity index (χ3n) is 3.49. The number of carbonyl (C=O) groups is 2. The molecule has 0 aliphatic carbocycles. The van der Waals surface area contributed by atoms with E-state index in [4.69, 9.17) is 5.11 Å². The maximum atomic E-state index is 12.4.